The number of carbonyl (C=O) groups excluding carboxylic acids is 2. The summed E-state index contributed by atoms with van der Waals surface area (Å²) in [7, 11) is -3.63. The van der Waals surface area contributed by atoms with Crippen molar-refractivity contribution in [1.82, 2.24) is 9.62 Å². The van der Waals surface area contributed by atoms with Gasteiger partial charge < -0.3 is 29.5 Å². The van der Waals surface area contributed by atoms with Crippen LogP contribution in [0.1, 0.15) is 64.7 Å². The summed E-state index contributed by atoms with van der Waals surface area (Å²) < 4.78 is 32.6. The summed E-state index contributed by atoms with van der Waals surface area (Å²) in [5.74, 6) is -3.21. The van der Waals surface area contributed by atoms with Crippen LogP contribution < -0.4 is 78.8 Å². The van der Waals surface area contributed by atoms with E-state index in [0.717, 1.165) is 19.1 Å². The van der Waals surface area contributed by atoms with Crippen molar-refractivity contribution >= 4 is 51.0 Å². The molecule has 1 saturated carbocycles. The van der Waals surface area contributed by atoms with E-state index < -0.39 is 52.5 Å². The second kappa shape index (κ2) is 17.9. The molecule has 5 rings (SSSR count). The Bertz CT molecular complexity index is 1760. The first-order chi connectivity index (χ1) is 21.9. The smallest absolute Gasteiger partial charge is 0.859 e. The van der Waals surface area contributed by atoms with Gasteiger partial charge in [0.05, 0.1) is 18.3 Å². The number of ether oxygens (including phenoxy) is 1. The van der Waals surface area contributed by atoms with Crippen LogP contribution in [0.5, 0.6) is 5.75 Å². The Morgan fingerprint density at radius 3 is 2.44 bits per heavy atom. The van der Waals surface area contributed by atoms with E-state index in [1.165, 1.54) is 6.07 Å². The van der Waals surface area contributed by atoms with E-state index in [4.69, 9.17) is 32.8 Å². The summed E-state index contributed by atoms with van der Waals surface area (Å²) in [6, 6.07) is 15.8. The first-order valence-electron chi connectivity index (χ1n) is 14.5. The molecule has 0 spiro atoms. The third kappa shape index (κ3) is 9.90. The summed E-state index contributed by atoms with van der Waals surface area (Å²) in [6.45, 7) is -0.764. The first-order valence-corrected chi connectivity index (χ1v) is 17.2. The quantitative estimate of drug-likeness (QED) is 0.0956. The van der Waals surface area contributed by atoms with Crippen molar-refractivity contribution in [2.75, 3.05) is 12.9 Å². The van der Waals surface area contributed by atoms with E-state index >= 15 is 0 Å². The zero-order valence-electron chi connectivity index (χ0n) is 26.7. The molecule has 0 saturated heterocycles. The predicted molar refractivity (Wildman–Crippen MR) is 168 cm³/mol. The Balaban J connectivity index is 0.00000312. The van der Waals surface area contributed by atoms with Crippen molar-refractivity contribution in [3.8, 4) is 5.75 Å². The Morgan fingerprint density at radius 2 is 1.73 bits per heavy atom. The molecule has 0 unspecified atom stereocenters. The van der Waals surface area contributed by atoms with Gasteiger partial charge in [0.15, 0.2) is 0 Å². The molecule has 244 valence electrons. The summed E-state index contributed by atoms with van der Waals surface area (Å²) in [5.41, 5.74) is 1.73. The van der Waals surface area contributed by atoms with Crippen LogP contribution in [0.2, 0.25) is 10.0 Å². The van der Waals surface area contributed by atoms with Crippen molar-refractivity contribution in [2.45, 2.75) is 56.3 Å². The standard InChI is InChI=1S/C32H33Cl2N3O8S.2Na/c1-46(42,43)36-26-11-4-5-12-27(26)37-30(24-14-13-20(33)16-25(24)34)29(22-9-2-3-10-23(22)32(37)41)31(40)35-45-17-19-7-6-8-21(15-19)44-18-28(38)39;;/h2-3,6-10,13-16,26-27,29-30,36H,4-5,11-12,17-18H2,1H3,(H,35,40)(H,38,39);;/q;2*+1/p-2/t26-,27-,29+,30-;;/m0../s1. The Hall–Kier alpha value is -1.84. The monoisotopic (exact) mass is 733 g/mol. The van der Waals surface area contributed by atoms with Crippen molar-refractivity contribution in [3.05, 3.63) is 99.0 Å². The molecule has 1 heterocycles. The Morgan fingerprint density at radius 1 is 1.00 bits per heavy atom. The average molecular weight is 735 g/mol. The molecule has 1 amide bonds. The predicted octanol–water partition coefficient (Wildman–Crippen LogP) is -2.84. The number of halogens is 2. The van der Waals surface area contributed by atoms with Crippen LogP contribution in [-0.2, 0) is 26.3 Å². The molecular weight excluding hydrogens is 703 g/mol. The molecule has 2 aliphatic rings. The summed E-state index contributed by atoms with van der Waals surface area (Å²) in [6.07, 6.45) is 3.58. The second-order valence-electron chi connectivity index (χ2n) is 11.2. The maximum Gasteiger partial charge on any atom is 1.00 e. The number of rotatable bonds is 11. The Kier molecular flexibility index (Phi) is 15.1. The van der Waals surface area contributed by atoms with Gasteiger partial charge in [0.25, 0.3) is 5.91 Å². The number of hydrogen-bond acceptors (Lipinski definition) is 9. The molecular formula is C32H31Cl2N3Na2O8S. The van der Waals surface area contributed by atoms with Gasteiger partial charge in [0.1, 0.15) is 19.0 Å². The van der Waals surface area contributed by atoms with Gasteiger partial charge in [-0.05, 0) is 59.9 Å². The fourth-order valence-electron chi connectivity index (χ4n) is 6.21. The molecule has 48 heavy (non-hydrogen) atoms. The van der Waals surface area contributed by atoms with E-state index in [2.05, 4.69) is 9.88 Å². The Labute approximate surface area is 333 Å². The SMILES string of the molecule is CS(=O)(=O)N[C@H]1CCCC[C@@H]1N1C(=O)c2ccccc2[C@@H](C([O-])=NOCc2cccc(OCC(=O)[O-])c2)[C@@H]1c1ccc(Cl)cc1Cl.[Na+].[Na+]. The number of aliphatic carboxylic acids is 1. The molecule has 1 aliphatic heterocycles. The molecule has 1 fully saturated rings. The number of carboxylic acid groups (broad SMARTS) is 1. The maximum atomic E-state index is 14.3. The van der Waals surface area contributed by atoms with Crippen LogP contribution in [0.4, 0.5) is 0 Å². The average Bonchev–Trinajstić information content (AvgIpc) is 3.00. The van der Waals surface area contributed by atoms with Crippen LogP contribution in [0, 0.1) is 0 Å². The molecule has 16 heteroatoms. The fourth-order valence-corrected chi connectivity index (χ4v) is 7.55. The molecule has 11 nitrogen and oxygen atoms in total. The van der Waals surface area contributed by atoms with Crippen molar-refractivity contribution in [1.29, 1.82) is 0 Å². The van der Waals surface area contributed by atoms with Crippen LogP contribution in [-0.4, -0.2) is 56.0 Å². The number of carboxylic acids is 1. The topological polar surface area (TPSA) is 160 Å². The van der Waals surface area contributed by atoms with Crippen LogP contribution in [0.25, 0.3) is 0 Å². The molecule has 0 aromatic heterocycles. The minimum Gasteiger partial charge on any atom is -0.859 e. The van der Waals surface area contributed by atoms with E-state index in [0.29, 0.717) is 40.1 Å². The van der Waals surface area contributed by atoms with Gasteiger partial charge in [-0.15, -0.1) is 5.16 Å². The molecule has 3 aromatic carbocycles. The van der Waals surface area contributed by atoms with Crippen LogP contribution in [0.3, 0.4) is 0 Å². The van der Waals surface area contributed by atoms with Gasteiger partial charge in [-0.25, -0.2) is 13.1 Å². The zero-order chi connectivity index (χ0) is 33.0. The third-order valence-corrected chi connectivity index (χ3v) is 9.31. The van der Waals surface area contributed by atoms with Gasteiger partial charge in [-0.1, -0.05) is 72.4 Å². The van der Waals surface area contributed by atoms with Crippen molar-refractivity contribution < 1.29 is 96.9 Å². The van der Waals surface area contributed by atoms with E-state index in [1.807, 2.05) is 0 Å². The van der Waals surface area contributed by atoms with E-state index in [9.17, 15) is 28.2 Å². The maximum absolute atomic E-state index is 14.3. The van der Waals surface area contributed by atoms with Gasteiger partial charge in [0.2, 0.25) is 10.0 Å². The van der Waals surface area contributed by atoms with Gasteiger partial charge in [-0.2, -0.15) is 0 Å². The number of nitrogens with one attached hydrogen (secondary N) is 1. The summed E-state index contributed by atoms with van der Waals surface area (Å²) >= 11 is 13.0. The van der Waals surface area contributed by atoms with Gasteiger partial charge in [-0.3, -0.25) is 4.79 Å². The second-order valence-corrected chi connectivity index (χ2v) is 13.9. The number of hydrogen-bond donors (Lipinski definition) is 1. The molecule has 3 aromatic rings. The summed E-state index contributed by atoms with van der Waals surface area (Å²) in [5, 5.41) is 29.4. The largest absolute Gasteiger partial charge is 1.00 e. The van der Waals surface area contributed by atoms with E-state index in [-0.39, 0.29) is 82.4 Å². The number of oxime groups is 1. The molecule has 0 radical (unpaired) electrons. The number of nitrogens with zero attached hydrogens (tertiary/aromatic N) is 2. The number of benzene rings is 3. The molecule has 1 aliphatic carbocycles. The zero-order valence-corrected chi connectivity index (χ0v) is 33.1. The van der Waals surface area contributed by atoms with Crippen LogP contribution >= 0.6 is 23.2 Å². The third-order valence-electron chi connectivity index (χ3n) is 8.02. The number of fused-ring (bicyclic) bond motifs is 1. The van der Waals surface area contributed by atoms with Crippen molar-refractivity contribution in [2.24, 2.45) is 5.16 Å². The minimum atomic E-state index is -3.63. The number of sulfonamides is 1. The van der Waals surface area contributed by atoms with Crippen LogP contribution in [0.15, 0.2) is 71.9 Å². The fraction of sp³-hybridized carbons (Fsp3) is 0.344. The van der Waals surface area contributed by atoms with Gasteiger partial charge in [0, 0.05) is 39.5 Å². The van der Waals surface area contributed by atoms with Gasteiger partial charge >= 0.3 is 59.1 Å². The molecule has 0 bridgehead atoms. The molecule has 4 atom stereocenters. The van der Waals surface area contributed by atoms with E-state index in [1.54, 1.807) is 65.6 Å². The minimum absolute atomic E-state index is 0. The first kappa shape index (κ1) is 40.6. The molecule has 1 N–H and O–H groups in total. The summed E-state index contributed by atoms with van der Waals surface area (Å²) in [4.78, 5) is 32.2. The number of amides is 1. The number of carbonyl (C=O) groups is 2. The van der Waals surface area contributed by atoms with Crippen molar-refractivity contribution in [3.63, 3.8) is 0 Å². The normalized spacial score (nSPS) is 20.9.